The van der Waals surface area contributed by atoms with Gasteiger partial charge in [0.15, 0.2) is 0 Å². The largest absolute Gasteiger partial charge is 0.480 e. The summed E-state index contributed by atoms with van der Waals surface area (Å²) >= 11 is 17.6. The minimum Gasteiger partial charge on any atom is -0.480 e. The number of carboxylic acid groups (broad SMARTS) is 1. The Hall–Kier alpha value is -0.530. The SMILES string of the molecule is CCN(C(C)(C)C(=O)O)S(=O)(=O)c1c(Cl)cc(Cl)cc1Cl. The van der Waals surface area contributed by atoms with Gasteiger partial charge >= 0.3 is 5.97 Å². The van der Waals surface area contributed by atoms with Crippen LogP contribution in [0.5, 0.6) is 0 Å². The molecule has 0 unspecified atom stereocenters. The molecule has 0 aliphatic carbocycles. The Kier molecular flexibility index (Phi) is 5.56. The number of rotatable bonds is 5. The molecule has 0 heterocycles. The molecule has 0 aliphatic rings. The molecule has 0 amide bonds. The lowest BCUT2D eigenvalue weighted by atomic mass is 10.1. The van der Waals surface area contributed by atoms with Gasteiger partial charge in [-0.3, -0.25) is 4.79 Å². The van der Waals surface area contributed by atoms with Crippen molar-refractivity contribution in [2.45, 2.75) is 31.2 Å². The van der Waals surface area contributed by atoms with Crippen LogP contribution in [0.15, 0.2) is 17.0 Å². The highest BCUT2D eigenvalue weighted by Crippen LogP contribution is 2.36. The number of hydrogen-bond donors (Lipinski definition) is 1. The maximum Gasteiger partial charge on any atom is 0.324 e. The van der Waals surface area contributed by atoms with E-state index in [0.29, 0.717) is 0 Å². The van der Waals surface area contributed by atoms with E-state index in [0.717, 1.165) is 4.31 Å². The van der Waals surface area contributed by atoms with Crippen molar-refractivity contribution in [1.82, 2.24) is 4.31 Å². The second-order valence-electron chi connectivity index (χ2n) is 4.73. The molecule has 0 saturated carbocycles. The Balaban J connectivity index is 3.57. The van der Waals surface area contributed by atoms with Crippen molar-refractivity contribution in [2.24, 2.45) is 0 Å². The van der Waals surface area contributed by atoms with Gasteiger partial charge in [-0.15, -0.1) is 0 Å². The van der Waals surface area contributed by atoms with E-state index in [2.05, 4.69) is 0 Å². The lowest BCUT2D eigenvalue weighted by molar-refractivity contribution is -0.146. The van der Waals surface area contributed by atoms with Gasteiger partial charge in [0.1, 0.15) is 10.4 Å². The van der Waals surface area contributed by atoms with E-state index in [1.807, 2.05) is 0 Å². The van der Waals surface area contributed by atoms with E-state index < -0.39 is 21.5 Å². The van der Waals surface area contributed by atoms with Crippen molar-refractivity contribution < 1.29 is 18.3 Å². The van der Waals surface area contributed by atoms with Crippen LogP contribution >= 0.6 is 34.8 Å². The van der Waals surface area contributed by atoms with E-state index >= 15 is 0 Å². The maximum absolute atomic E-state index is 12.7. The first-order chi connectivity index (χ1) is 9.46. The summed E-state index contributed by atoms with van der Waals surface area (Å²) in [5.74, 6) is -1.28. The monoisotopic (exact) mass is 373 g/mol. The molecule has 118 valence electrons. The molecule has 0 fully saturated rings. The van der Waals surface area contributed by atoms with Gasteiger partial charge < -0.3 is 5.11 Å². The predicted molar refractivity (Wildman–Crippen MR) is 82.8 cm³/mol. The summed E-state index contributed by atoms with van der Waals surface area (Å²) in [5.41, 5.74) is -1.65. The van der Waals surface area contributed by atoms with E-state index in [1.54, 1.807) is 0 Å². The molecule has 0 atom stereocenters. The van der Waals surface area contributed by atoms with Crippen LogP contribution in [0.1, 0.15) is 20.8 Å². The highest BCUT2D eigenvalue weighted by atomic mass is 35.5. The van der Waals surface area contributed by atoms with Gasteiger partial charge in [-0.25, -0.2) is 8.42 Å². The van der Waals surface area contributed by atoms with Gasteiger partial charge in [0.05, 0.1) is 10.0 Å². The second-order valence-corrected chi connectivity index (χ2v) is 7.78. The molecule has 0 aliphatic heterocycles. The average Bonchev–Trinajstić information content (AvgIpc) is 2.26. The van der Waals surface area contributed by atoms with Crippen molar-refractivity contribution in [3.8, 4) is 0 Å². The van der Waals surface area contributed by atoms with Crippen LogP contribution in [0.3, 0.4) is 0 Å². The quantitative estimate of drug-likeness (QED) is 0.855. The van der Waals surface area contributed by atoms with Crippen LogP contribution in [0.25, 0.3) is 0 Å². The first-order valence-electron chi connectivity index (χ1n) is 5.87. The topological polar surface area (TPSA) is 74.7 Å². The first kappa shape index (κ1) is 18.5. The Morgan fingerprint density at radius 1 is 1.24 bits per heavy atom. The average molecular weight is 375 g/mol. The highest BCUT2D eigenvalue weighted by molar-refractivity contribution is 7.89. The minimum atomic E-state index is -4.20. The van der Waals surface area contributed by atoms with Gasteiger partial charge in [-0.2, -0.15) is 4.31 Å². The zero-order valence-corrected chi connectivity index (χ0v) is 14.6. The number of carbonyl (C=O) groups is 1. The number of carboxylic acids is 1. The molecule has 1 aromatic carbocycles. The number of benzene rings is 1. The maximum atomic E-state index is 12.7. The van der Waals surface area contributed by atoms with Crippen molar-refractivity contribution in [2.75, 3.05) is 6.54 Å². The van der Waals surface area contributed by atoms with Gasteiger partial charge in [-0.1, -0.05) is 41.7 Å². The molecule has 0 radical (unpaired) electrons. The fourth-order valence-electron chi connectivity index (χ4n) is 1.86. The van der Waals surface area contributed by atoms with E-state index in [4.69, 9.17) is 34.8 Å². The lowest BCUT2D eigenvalue weighted by Gasteiger charge is -2.33. The van der Waals surface area contributed by atoms with Crippen molar-refractivity contribution in [3.63, 3.8) is 0 Å². The molecule has 0 saturated heterocycles. The first-order valence-corrected chi connectivity index (χ1v) is 8.44. The molecule has 0 aromatic heterocycles. The second kappa shape index (κ2) is 6.30. The zero-order chi connectivity index (χ0) is 16.6. The van der Waals surface area contributed by atoms with Crippen molar-refractivity contribution in [3.05, 3.63) is 27.2 Å². The third kappa shape index (κ3) is 3.46. The summed E-state index contributed by atoms with van der Waals surface area (Å²) in [7, 11) is -4.20. The number of halogens is 3. The van der Waals surface area contributed by atoms with E-state index in [1.165, 1.54) is 32.9 Å². The number of nitrogens with zero attached hydrogens (tertiary/aromatic N) is 1. The normalized spacial score (nSPS) is 12.7. The zero-order valence-electron chi connectivity index (χ0n) is 11.5. The van der Waals surface area contributed by atoms with E-state index in [-0.39, 0.29) is 26.5 Å². The number of aliphatic carboxylic acids is 1. The minimum absolute atomic E-state index is 0.0586. The fourth-order valence-corrected chi connectivity index (χ4v) is 5.11. The molecule has 9 heteroatoms. The third-order valence-electron chi connectivity index (χ3n) is 2.95. The molecule has 5 nitrogen and oxygen atoms in total. The predicted octanol–water partition coefficient (Wildman–Crippen LogP) is 3.52. The molecule has 1 aromatic rings. The van der Waals surface area contributed by atoms with Crippen LogP contribution in [-0.4, -0.2) is 35.9 Å². The summed E-state index contributed by atoms with van der Waals surface area (Å²) < 4.78 is 26.3. The Morgan fingerprint density at radius 2 is 1.67 bits per heavy atom. The van der Waals surface area contributed by atoms with Crippen LogP contribution < -0.4 is 0 Å². The van der Waals surface area contributed by atoms with Crippen LogP contribution in [-0.2, 0) is 14.8 Å². The van der Waals surface area contributed by atoms with Crippen molar-refractivity contribution in [1.29, 1.82) is 0 Å². The molecule has 0 bridgehead atoms. The number of hydrogen-bond acceptors (Lipinski definition) is 3. The molecule has 1 rings (SSSR count). The van der Waals surface area contributed by atoms with Gasteiger partial charge in [0, 0.05) is 11.6 Å². The smallest absolute Gasteiger partial charge is 0.324 e. The number of sulfonamides is 1. The molecule has 0 spiro atoms. The fraction of sp³-hybridized carbons (Fsp3) is 0.417. The van der Waals surface area contributed by atoms with Crippen LogP contribution in [0, 0.1) is 0 Å². The summed E-state index contributed by atoms with van der Waals surface area (Å²) in [6.07, 6.45) is 0. The van der Waals surface area contributed by atoms with Gasteiger partial charge in [0.25, 0.3) is 0 Å². The highest BCUT2D eigenvalue weighted by Gasteiger charge is 2.43. The Bertz CT molecular complexity index is 650. The Morgan fingerprint density at radius 3 is 2.00 bits per heavy atom. The van der Waals surface area contributed by atoms with Crippen LogP contribution in [0.4, 0.5) is 0 Å². The molecular formula is C12H14Cl3NO4S. The number of likely N-dealkylation sites (N-methyl/N-ethyl adjacent to an activating group) is 1. The molecule has 1 N–H and O–H groups in total. The van der Waals surface area contributed by atoms with E-state index in [9.17, 15) is 18.3 Å². The molecule has 21 heavy (non-hydrogen) atoms. The summed E-state index contributed by atoms with van der Waals surface area (Å²) in [4.78, 5) is 11.0. The summed E-state index contributed by atoms with van der Waals surface area (Å²) in [6.45, 7) is 4.04. The summed E-state index contributed by atoms with van der Waals surface area (Å²) in [6, 6.07) is 2.48. The van der Waals surface area contributed by atoms with Crippen LogP contribution in [0.2, 0.25) is 15.1 Å². The van der Waals surface area contributed by atoms with Crippen molar-refractivity contribution >= 4 is 50.8 Å². The lowest BCUT2D eigenvalue weighted by Crippen LogP contribution is -2.52. The Labute approximate surface area is 138 Å². The molecular weight excluding hydrogens is 361 g/mol. The standard InChI is InChI=1S/C12H14Cl3NO4S/c1-4-16(12(2,3)11(17)18)21(19,20)10-8(14)5-7(13)6-9(10)15/h5-6H,4H2,1-3H3,(H,17,18). The van der Waals surface area contributed by atoms with Gasteiger partial charge in [-0.05, 0) is 26.0 Å². The third-order valence-corrected chi connectivity index (χ3v) is 6.23. The van der Waals surface area contributed by atoms with Gasteiger partial charge in [0.2, 0.25) is 10.0 Å². The summed E-state index contributed by atoms with van der Waals surface area (Å²) in [5, 5.41) is 9.11.